The van der Waals surface area contributed by atoms with E-state index in [2.05, 4.69) is 16.9 Å². The number of nitrogens with two attached hydrogens (primary N) is 1. The number of rotatable bonds is 6. The second-order valence-electron chi connectivity index (χ2n) is 5.02. The predicted molar refractivity (Wildman–Crippen MR) is 85.1 cm³/mol. The molecule has 112 valence electrons. The van der Waals surface area contributed by atoms with E-state index >= 15 is 0 Å². The Kier molecular flexibility index (Phi) is 5.11. The summed E-state index contributed by atoms with van der Waals surface area (Å²) in [4.78, 5) is 10.8. The molecule has 0 aliphatic carbocycles. The molecular weight excluding hydrogens is 264 g/mol. The van der Waals surface area contributed by atoms with Crippen LogP contribution in [-0.4, -0.2) is 30.2 Å². The Morgan fingerprint density at radius 2 is 1.81 bits per heavy atom. The van der Waals surface area contributed by atoms with E-state index in [1.165, 1.54) is 0 Å². The zero-order valence-corrected chi connectivity index (χ0v) is 12.8. The van der Waals surface area contributed by atoms with Crippen LogP contribution in [0.25, 0.3) is 0 Å². The van der Waals surface area contributed by atoms with Crippen LogP contribution in [0.3, 0.4) is 0 Å². The molecule has 0 spiro atoms. The van der Waals surface area contributed by atoms with Gasteiger partial charge in [0.15, 0.2) is 0 Å². The molecule has 2 N–H and O–H groups in total. The van der Waals surface area contributed by atoms with E-state index in [9.17, 15) is 0 Å². The quantitative estimate of drug-likeness (QED) is 0.884. The van der Waals surface area contributed by atoms with Crippen LogP contribution in [0.15, 0.2) is 36.7 Å². The first-order valence-electron chi connectivity index (χ1n) is 7.08. The largest absolute Gasteiger partial charge is 0.497 e. The van der Waals surface area contributed by atoms with Gasteiger partial charge >= 0.3 is 0 Å². The van der Waals surface area contributed by atoms with Crippen LogP contribution in [0.2, 0.25) is 0 Å². The summed E-state index contributed by atoms with van der Waals surface area (Å²) >= 11 is 0. The van der Waals surface area contributed by atoms with Crippen molar-refractivity contribution in [1.82, 2.24) is 9.97 Å². The Morgan fingerprint density at radius 1 is 1.19 bits per heavy atom. The van der Waals surface area contributed by atoms with E-state index in [0.29, 0.717) is 5.95 Å². The van der Waals surface area contributed by atoms with Crippen LogP contribution in [-0.2, 0) is 6.42 Å². The van der Waals surface area contributed by atoms with Crippen LogP contribution in [0.5, 0.6) is 5.75 Å². The first-order valence-corrected chi connectivity index (χ1v) is 7.08. The second kappa shape index (κ2) is 7.04. The number of hydrogen-bond donors (Lipinski definition) is 1. The summed E-state index contributed by atoms with van der Waals surface area (Å²) in [5.41, 5.74) is 8.02. The highest BCUT2D eigenvalue weighted by Gasteiger charge is 2.08. The van der Waals surface area contributed by atoms with Gasteiger partial charge in [-0.3, -0.25) is 0 Å². The summed E-state index contributed by atoms with van der Waals surface area (Å²) in [5.74, 6) is 1.49. The fourth-order valence-electron chi connectivity index (χ4n) is 1.99. The lowest BCUT2D eigenvalue weighted by Gasteiger charge is -2.17. The van der Waals surface area contributed by atoms with Gasteiger partial charge in [0.25, 0.3) is 0 Å². The molecule has 0 saturated carbocycles. The van der Waals surface area contributed by atoms with E-state index < -0.39 is 0 Å². The second-order valence-corrected chi connectivity index (χ2v) is 5.02. The molecule has 0 amide bonds. The number of anilines is 2. The van der Waals surface area contributed by atoms with Crippen LogP contribution in [0.1, 0.15) is 18.9 Å². The molecule has 0 radical (unpaired) electrons. The fraction of sp³-hybridized carbons (Fsp3) is 0.375. The van der Waals surface area contributed by atoms with Gasteiger partial charge < -0.3 is 15.4 Å². The summed E-state index contributed by atoms with van der Waals surface area (Å²) in [6.45, 7) is 2.08. The normalized spacial score (nSPS) is 12.0. The molecule has 2 rings (SSSR count). The van der Waals surface area contributed by atoms with Crippen LogP contribution < -0.4 is 15.4 Å². The Bertz CT molecular complexity index is 553. The van der Waals surface area contributed by atoms with Crippen LogP contribution in [0, 0.1) is 0 Å². The first kappa shape index (κ1) is 15.3. The van der Waals surface area contributed by atoms with E-state index in [1.807, 2.05) is 48.6 Å². The van der Waals surface area contributed by atoms with Crippen molar-refractivity contribution >= 4 is 11.6 Å². The number of benzene rings is 1. The third kappa shape index (κ3) is 3.92. The number of aromatic nitrogens is 2. The minimum atomic E-state index is 0.166. The minimum absolute atomic E-state index is 0.166. The smallest absolute Gasteiger partial charge is 0.229 e. The first-order chi connectivity index (χ1) is 10.1. The van der Waals surface area contributed by atoms with E-state index in [1.54, 1.807) is 7.11 Å². The molecule has 21 heavy (non-hydrogen) atoms. The third-order valence-electron chi connectivity index (χ3n) is 3.47. The molecule has 5 heteroatoms. The van der Waals surface area contributed by atoms with Crippen molar-refractivity contribution in [1.29, 1.82) is 0 Å². The predicted octanol–water partition coefficient (Wildman–Crippen LogP) is 2.53. The number of hydrogen-bond acceptors (Lipinski definition) is 5. The zero-order valence-electron chi connectivity index (χ0n) is 12.8. The third-order valence-corrected chi connectivity index (χ3v) is 3.47. The number of nitrogens with zero attached hydrogens (tertiary/aromatic N) is 3. The van der Waals surface area contributed by atoms with Crippen molar-refractivity contribution in [3.05, 3.63) is 42.2 Å². The van der Waals surface area contributed by atoms with Gasteiger partial charge in [0.1, 0.15) is 5.75 Å². The molecule has 0 saturated heterocycles. The highest BCUT2D eigenvalue weighted by molar-refractivity contribution is 5.57. The Labute approximate surface area is 125 Å². The molecule has 0 bridgehead atoms. The topological polar surface area (TPSA) is 64.3 Å². The van der Waals surface area contributed by atoms with Gasteiger partial charge in [-0.25, -0.2) is 9.97 Å². The lowest BCUT2D eigenvalue weighted by Crippen LogP contribution is -2.21. The van der Waals surface area contributed by atoms with Crippen molar-refractivity contribution < 1.29 is 4.74 Å². The summed E-state index contributed by atoms with van der Waals surface area (Å²) in [6, 6.07) is 7.95. The number of methoxy groups -OCH3 is 1. The van der Waals surface area contributed by atoms with Gasteiger partial charge in [-0.1, -0.05) is 6.92 Å². The highest BCUT2D eigenvalue weighted by atomic mass is 16.5. The minimum Gasteiger partial charge on any atom is -0.497 e. The highest BCUT2D eigenvalue weighted by Crippen LogP contribution is 2.22. The van der Waals surface area contributed by atoms with Crippen molar-refractivity contribution in [3.63, 3.8) is 0 Å². The maximum atomic E-state index is 5.94. The van der Waals surface area contributed by atoms with Crippen LogP contribution in [0.4, 0.5) is 11.6 Å². The summed E-state index contributed by atoms with van der Waals surface area (Å²) in [6.07, 6.45) is 5.45. The van der Waals surface area contributed by atoms with Crippen molar-refractivity contribution in [3.8, 4) is 5.75 Å². The van der Waals surface area contributed by atoms with Crippen molar-refractivity contribution in [2.45, 2.75) is 25.8 Å². The fourth-order valence-corrected chi connectivity index (χ4v) is 1.99. The molecule has 1 aromatic heterocycles. The van der Waals surface area contributed by atoms with Gasteiger partial charge in [-0.15, -0.1) is 0 Å². The molecule has 0 fully saturated rings. The van der Waals surface area contributed by atoms with Gasteiger partial charge in [0, 0.05) is 31.2 Å². The summed E-state index contributed by atoms with van der Waals surface area (Å²) in [5, 5.41) is 0. The van der Waals surface area contributed by atoms with E-state index in [4.69, 9.17) is 10.5 Å². The van der Waals surface area contributed by atoms with E-state index in [-0.39, 0.29) is 6.04 Å². The molecule has 1 unspecified atom stereocenters. The van der Waals surface area contributed by atoms with Crippen molar-refractivity contribution in [2.75, 3.05) is 19.1 Å². The van der Waals surface area contributed by atoms with Crippen LogP contribution >= 0.6 is 0 Å². The molecule has 1 heterocycles. The Balaban J connectivity index is 2.09. The molecule has 0 aliphatic heterocycles. The maximum Gasteiger partial charge on any atom is 0.229 e. The molecule has 0 aliphatic rings. The lowest BCUT2D eigenvalue weighted by molar-refractivity contribution is 0.415. The number of ether oxygens (including phenoxy) is 1. The van der Waals surface area contributed by atoms with Gasteiger partial charge in [0.2, 0.25) is 5.95 Å². The summed E-state index contributed by atoms with van der Waals surface area (Å²) in [7, 11) is 3.59. The van der Waals surface area contributed by atoms with E-state index in [0.717, 1.165) is 29.8 Å². The molecule has 1 atom stereocenters. The molecular formula is C16H22N4O. The summed E-state index contributed by atoms with van der Waals surface area (Å²) < 4.78 is 5.16. The molecule has 2 aromatic rings. The van der Waals surface area contributed by atoms with Gasteiger partial charge in [-0.05, 0) is 42.7 Å². The monoisotopic (exact) mass is 286 g/mol. The Hall–Kier alpha value is -2.14. The standard InChI is InChI=1S/C16H22N4O/c1-4-13(17)9-12-10-18-16(19-11-12)20(2)14-5-7-15(21-3)8-6-14/h5-8,10-11,13H,4,9,17H2,1-3H3. The Morgan fingerprint density at radius 3 is 2.33 bits per heavy atom. The lowest BCUT2D eigenvalue weighted by atomic mass is 10.1. The van der Waals surface area contributed by atoms with Gasteiger partial charge in [0.05, 0.1) is 7.11 Å². The maximum absolute atomic E-state index is 5.94. The average Bonchev–Trinajstić information content (AvgIpc) is 2.55. The van der Waals surface area contributed by atoms with Gasteiger partial charge in [-0.2, -0.15) is 0 Å². The average molecular weight is 286 g/mol. The molecule has 5 nitrogen and oxygen atoms in total. The zero-order chi connectivity index (χ0) is 15.2. The molecule has 1 aromatic carbocycles. The van der Waals surface area contributed by atoms with Crippen molar-refractivity contribution in [2.24, 2.45) is 5.73 Å². The SMILES string of the molecule is CCC(N)Cc1cnc(N(C)c2ccc(OC)cc2)nc1.